The summed E-state index contributed by atoms with van der Waals surface area (Å²) in [5.74, 6) is -1.28. The monoisotopic (exact) mass is 360 g/mol. The average molecular weight is 361 g/mol. The summed E-state index contributed by atoms with van der Waals surface area (Å²) in [5, 5.41) is 0. The van der Waals surface area contributed by atoms with Crippen LogP contribution in [0.4, 0.5) is 0 Å². The molecule has 8 heteroatoms. The van der Waals surface area contributed by atoms with Crippen LogP contribution in [0.2, 0.25) is 0 Å². The normalized spacial score (nSPS) is 12.4. The fourth-order valence-electron chi connectivity index (χ4n) is 2.32. The molecule has 6 nitrogen and oxygen atoms in total. The van der Waals surface area contributed by atoms with Gasteiger partial charge in [0.25, 0.3) is 10.0 Å². The molecule has 0 bridgehead atoms. The molecule has 2 amide bonds. The van der Waals surface area contributed by atoms with Crippen LogP contribution in [0, 0.1) is 11.3 Å². The first-order chi connectivity index (χ1) is 10.6. The third kappa shape index (κ3) is 4.32. The van der Waals surface area contributed by atoms with Crippen LogP contribution in [-0.4, -0.2) is 20.2 Å². The van der Waals surface area contributed by atoms with Crippen molar-refractivity contribution in [3.05, 3.63) is 17.0 Å². The molecule has 0 saturated heterocycles. The van der Waals surface area contributed by atoms with E-state index in [4.69, 9.17) is 5.73 Å². The Morgan fingerprint density at radius 2 is 1.83 bits per heavy atom. The highest BCUT2D eigenvalue weighted by Gasteiger charge is 2.43. The second-order valence-corrected chi connectivity index (χ2v) is 8.98. The van der Waals surface area contributed by atoms with E-state index in [1.807, 2.05) is 18.6 Å². The van der Waals surface area contributed by atoms with E-state index in [0.717, 1.165) is 22.6 Å². The van der Waals surface area contributed by atoms with Crippen molar-refractivity contribution in [3.63, 3.8) is 0 Å². The Morgan fingerprint density at radius 1 is 1.26 bits per heavy atom. The fraction of sp³-hybridized carbons (Fsp3) is 0.600. The summed E-state index contributed by atoms with van der Waals surface area (Å²) >= 11 is 1.13. The molecule has 0 aliphatic heterocycles. The summed E-state index contributed by atoms with van der Waals surface area (Å²) in [7, 11) is -4.00. The average Bonchev–Trinajstić information content (AvgIpc) is 2.88. The summed E-state index contributed by atoms with van der Waals surface area (Å²) in [4.78, 5) is 24.9. The number of carbonyl (C=O) groups excluding carboxylic acids is 2. The standard InChI is InChI=1S/C15H24N2O4S2/c1-5-15(6-2,13(16)18)14(19)17-23(20,21)12-8-7-11(22-12)9-10(3)4/h7-8,10H,5-6,9H2,1-4H3,(H2,16,18)(H,17,19). The largest absolute Gasteiger partial charge is 0.369 e. The molecule has 1 aromatic heterocycles. The molecule has 0 atom stereocenters. The van der Waals surface area contributed by atoms with Gasteiger partial charge in [0.1, 0.15) is 9.62 Å². The molecule has 0 spiro atoms. The number of hydrogen-bond donors (Lipinski definition) is 2. The molecule has 23 heavy (non-hydrogen) atoms. The first-order valence-corrected chi connectivity index (χ1v) is 9.84. The molecule has 0 radical (unpaired) electrons. The molecule has 0 saturated carbocycles. The van der Waals surface area contributed by atoms with Crippen molar-refractivity contribution in [2.24, 2.45) is 17.1 Å². The number of nitrogens with one attached hydrogen (secondary N) is 1. The SMILES string of the molecule is CCC(CC)(C(N)=O)C(=O)NS(=O)(=O)c1ccc(CC(C)C)s1. The molecule has 1 aromatic rings. The molecule has 0 aliphatic rings. The second-order valence-electron chi connectivity index (χ2n) is 5.91. The number of carbonyl (C=O) groups is 2. The van der Waals surface area contributed by atoms with E-state index in [2.05, 4.69) is 0 Å². The second kappa shape index (κ2) is 7.44. The minimum Gasteiger partial charge on any atom is -0.369 e. The molecule has 0 aromatic carbocycles. The van der Waals surface area contributed by atoms with E-state index in [0.29, 0.717) is 5.92 Å². The van der Waals surface area contributed by atoms with Crippen molar-refractivity contribution in [2.75, 3.05) is 0 Å². The van der Waals surface area contributed by atoms with Crippen LogP contribution in [0.25, 0.3) is 0 Å². The highest BCUT2D eigenvalue weighted by molar-refractivity contribution is 7.92. The van der Waals surface area contributed by atoms with Crippen LogP contribution < -0.4 is 10.5 Å². The molecule has 0 fully saturated rings. The van der Waals surface area contributed by atoms with Crippen LogP contribution in [0.5, 0.6) is 0 Å². The maximum Gasteiger partial charge on any atom is 0.273 e. The molecule has 1 heterocycles. The van der Waals surface area contributed by atoms with Gasteiger partial charge < -0.3 is 5.73 Å². The van der Waals surface area contributed by atoms with Gasteiger partial charge in [0, 0.05) is 4.88 Å². The summed E-state index contributed by atoms with van der Waals surface area (Å²) < 4.78 is 26.8. The van der Waals surface area contributed by atoms with Crippen LogP contribution in [-0.2, 0) is 26.0 Å². The van der Waals surface area contributed by atoms with Crippen LogP contribution >= 0.6 is 11.3 Å². The van der Waals surface area contributed by atoms with Crippen molar-refractivity contribution in [3.8, 4) is 0 Å². The van der Waals surface area contributed by atoms with Gasteiger partial charge in [-0.15, -0.1) is 11.3 Å². The Bertz CT molecular complexity index is 673. The number of rotatable bonds is 8. The Morgan fingerprint density at radius 3 is 2.26 bits per heavy atom. The number of sulfonamides is 1. The van der Waals surface area contributed by atoms with Crippen molar-refractivity contribution in [1.82, 2.24) is 4.72 Å². The van der Waals surface area contributed by atoms with Gasteiger partial charge in [-0.2, -0.15) is 0 Å². The van der Waals surface area contributed by atoms with E-state index in [1.54, 1.807) is 19.9 Å². The van der Waals surface area contributed by atoms with Crippen molar-refractivity contribution in [1.29, 1.82) is 0 Å². The summed E-state index contributed by atoms with van der Waals surface area (Å²) in [5.41, 5.74) is 3.81. The summed E-state index contributed by atoms with van der Waals surface area (Å²) in [6.45, 7) is 7.34. The van der Waals surface area contributed by atoms with E-state index >= 15 is 0 Å². The lowest BCUT2D eigenvalue weighted by Gasteiger charge is -2.26. The quantitative estimate of drug-likeness (QED) is 0.692. The number of thiophene rings is 1. The van der Waals surface area contributed by atoms with Gasteiger partial charge in [0.05, 0.1) is 0 Å². The lowest BCUT2D eigenvalue weighted by atomic mass is 9.81. The zero-order valence-electron chi connectivity index (χ0n) is 13.9. The van der Waals surface area contributed by atoms with E-state index in [9.17, 15) is 18.0 Å². The van der Waals surface area contributed by atoms with E-state index in [1.165, 1.54) is 6.07 Å². The lowest BCUT2D eigenvalue weighted by molar-refractivity contribution is -0.141. The molecular formula is C15H24N2O4S2. The molecule has 130 valence electrons. The summed E-state index contributed by atoms with van der Waals surface area (Å²) in [6.07, 6.45) is 1.05. The minimum absolute atomic E-state index is 0.0621. The van der Waals surface area contributed by atoms with Gasteiger partial charge in [-0.1, -0.05) is 27.7 Å². The molecule has 3 N–H and O–H groups in total. The fourth-order valence-corrected chi connectivity index (χ4v) is 4.94. The summed E-state index contributed by atoms with van der Waals surface area (Å²) in [6, 6.07) is 3.21. The molecule has 1 rings (SSSR count). The van der Waals surface area contributed by atoms with Gasteiger partial charge in [-0.25, -0.2) is 13.1 Å². The smallest absolute Gasteiger partial charge is 0.273 e. The maximum atomic E-state index is 12.4. The van der Waals surface area contributed by atoms with Crippen molar-refractivity contribution < 1.29 is 18.0 Å². The Hall–Kier alpha value is -1.41. The number of amides is 2. The third-order valence-corrected chi connectivity index (χ3v) is 6.78. The first kappa shape index (κ1) is 19.6. The minimum atomic E-state index is -4.00. The topological polar surface area (TPSA) is 106 Å². The Balaban J connectivity index is 3.04. The van der Waals surface area contributed by atoms with E-state index in [-0.39, 0.29) is 17.1 Å². The van der Waals surface area contributed by atoms with Gasteiger partial charge in [-0.3, -0.25) is 9.59 Å². The zero-order valence-corrected chi connectivity index (χ0v) is 15.5. The highest BCUT2D eigenvalue weighted by atomic mass is 32.2. The van der Waals surface area contributed by atoms with Gasteiger partial charge in [0.15, 0.2) is 0 Å². The van der Waals surface area contributed by atoms with Gasteiger partial charge in [-0.05, 0) is 37.3 Å². The Kier molecular flexibility index (Phi) is 6.35. The van der Waals surface area contributed by atoms with Crippen molar-refractivity contribution in [2.45, 2.75) is 51.2 Å². The highest BCUT2D eigenvalue weighted by Crippen LogP contribution is 2.28. The molecule has 0 aliphatic carbocycles. The maximum absolute atomic E-state index is 12.4. The van der Waals surface area contributed by atoms with Crippen molar-refractivity contribution >= 4 is 33.2 Å². The van der Waals surface area contributed by atoms with Crippen LogP contribution in [0.3, 0.4) is 0 Å². The first-order valence-electron chi connectivity index (χ1n) is 7.55. The number of hydrogen-bond acceptors (Lipinski definition) is 5. The zero-order chi connectivity index (χ0) is 17.8. The van der Waals surface area contributed by atoms with Crippen LogP contribution in [0.1, 0.15) is 45.4 Å². The molecular weight excluding hydrogens is 336 g/mol. The van der Waals surface area contributed by atoms with Gasteiger partial charge >= 0.3 is 0 Å². The van der Waals surface area contributed by atoms with Gasteiger partial charge in [0.2, 0.25) is 11.8 Å². The predicted molar refractivity (Wildman–Crippen MR) is 90.4 cm³/mol. The van der Waals surface area contributed by atoms with E-state index < -0.39 is 27.3 Å². The third-order valence-electron chi connectivity index (χ3n) is 3.85. The predicted octanol–water partition coefficient (Wildman–Crippen LogP) is 2.04. The molecule has 0 unspecified atom stereocenters. The number of primary amides is 1. The Labute approximate surface area is 141 Å². The lowest BCUT2D eigenvalue weighted by Crippen LogP contribution is -2.50. The van der Waals surface area contributed by atoms with Crippen LogP contribution in [0.15, 0.2) is 16.3 Å². The number of nitrogens with two attached hydrogens (primary N) is 1.